The van der Waals surface area contributed by atoms with Crippen molar-refractivity contribution >= 4 is 5.91 Å². The average Bonchev–Trinajstić information content (AvgIpc) is 2.93. The highest BCUT2D eigenvalue weighted by molar-refractivity contribution is 5.81. The minimum Gasteiger partial charge on any atom is -0.481 e. The topological polar surface area (TPSA) is 29.5 Å². The summed E-state index contributed by atoms with van der Waals surface area (Å²) in [6, 6.07) is 6.07. The number of hydrogen-bond donors (Lipinski definition) is 0. The molecule has 2 rings (SSSR count). The van der Waals surface area contributed by atoms with Crippen molar-refractivity contribution in [3.05, 3.63) is 30.1 Å². The van der Waals surface area contributed by atoms with E-state index in [1.807, 2.05) is 7.05 Å². The molecule has 104 valence electrons. The van der Waals surface area contributed by atoms with Crippen molar-refractivity contribution < 1.29 is 13.9 Å². The maximum atomic E-state index is 12.8. The third kappa shape index (κ3) is 3.46. The second kappa shape index (κ2) is 6.04. The molecular formula is C15H20FNO2. The van der Waals surface area contributed by atoms with Crippen molar-refractivity contribution in [3.63, 3.8) is 0 Å². The van der Waals surface area contributed by atoms with Gasteiger partial charge in [0.25, 0.3) is 5.91 Å². The van der Waals surface area contributed by atoms with Gasteiger partial charge in [-0.15, -0.1) is 0 Å². The van der Waals surface area contributed by atoms with E-state index in [4.69, 9.17) is 4.74 Å². The first kappa shape index (κ1) is 13.8. The highest BCUT2D eigenvalue weighted by Crippen LogP contribution is 2.23. The monoisotopic (exact) mass is 265 g/mol. The molecule has 0 heterocycles. The van der Waals surface area contributed by atoms with Crippen molar-refractivity contribution in [1.82, 2.24) is 4.90 Å². The minimum absolute atomic E-state index is 0.0174. The fraction of sp³-hybridized carbons (Fsp3) is 0.533. The van der Waals surface area contributed by atoms with Gasteiger partial charge in [-0.1, -0.05) is 12.8 Å². The number of halogens is 1. The Morgan fingerprint density at radius 3 is 2.47 bits per heavy atom. The lowest BCUT2D eigenvalue weighted by Crippen LogP contribution is -2.42. The van der Waals surface area contributed by atoms with E-state index in [9.17, 15) is 9.18 Å². The van der Waals surface area contributed by atoms with Gasteiger partial charge in [0.1, 0.15) is 11.6 Å². The van der Waals surface area contributed by atoms with E-state index in [0.29, 0.717) is 11.8 Å². The Bertz CT molecular complexity index is 426. The van der Waals surface area contributed by atoms with Crippen LogP contribution < -0.4 is 4.74 Å². The molecule has 0 aromatic heterocycles. The standard InChI is InChI=1S/C15H20FNO2/c1-11(19-14-9-7-12(16)8-10-14)15(18)17(2)13-5-3-4-6-13/h7-11,13H,3-6H2,1-2H3/t11-/m0/s1. The summed E-state index contributed by atoms with van der Waals surface area (Å²) in [6.45, 7) is 1.73. The van der Waals surface area contributed by atoms with Gasteiger partial charge in [-0.3, -0.25) is 4.79 Å². The van der Waals surface area contributed by atoms with Crippen molar-refractivity contribution in [2.45, 2.75) is 44.8 Å². The van der Waals surface area contributed by atoms with Gasteiger partial charge in [0, 0.05) is 13.1 Å². The second-order valence-electron chi connectivity index (χ2n) is 5.10. The molecule has 1 atom stereocenters. The molecule has 1 aliphatic rings. The van der Waals surface area contributed by atoms with E-state index in [-0.39, 0.29) is 11.7 Å². The van der Waals surface area contributed by atoms with Crippen LogP contribution in [0.3, 0.4) is 0 Å². The first-order valence-electron chi connectivity index (χ1n) is 6.77. The molecule has 1 aromatic rings. The molecule has 0 radical (unpaired) electrons. The first-order valence-corrected chi connectivity index (χ1v) is 6.77. The van der Waals surface area contributed by atoms with Crippen LogP contribution in [0.2, 0.25) is 0 Å². The van der Waals surface area contributed by atoms with Gasteiger partial charge >= 0.3 is 0 Å². The molecule has 0 saturated heterocycles. The lowest BCUT2D eigenvalue weighted by Gasteiger charge is -2.27. The Hall–Kier alpha value is -1.58. The fourth-order valence-corrected chi connectivity index (χ4v) is 2.53. The number of likely N-dealkylation sites (N-methyl/N-ethyl adjacent to an activating group) is 1. The number of carbonyl (C=O) groups excluding carboxylic acids is 1. The van der Waals surface area contributed by atoms with Crippen LogP contribution >= 0.6 is 0 Å². The van der Waals surface area contributed by atoms with Crippen molar-refractivity contribution in [2.24, 2.45) is 0 Å². The van der Waals surface area contributed by atoms with Gasteiger partial charge in [-0.2, -0.15) is 0 Å². The SMILES string of the molecule is C[C@H](Oc1ccc(F)cc1)C(=O)N(C)C1CCCC1. The molecule has 1 fully saturated rings. The van der Waals surface area contributed by atoms with Crippen LogP contribution in [0.1, 0.15) is 32.6 Å². The quantitative estimate of drug-likeness (QED) is 0.837. The maximum Gasteiger partial charge on any atom is 0.263 e. The summed E-state index contributed by atoms with van der Waals surface area (Å²) in [6.07, 6.45) is 3.98. The van der Waals surface area contributed by atoms with Crippen LogP contribution in [-0.2, 0) is 4.79 Å². The summed E-state index contributed by atoms with van der Waals surface area (Å²) in [5, 5.41) is 0. The van der Waals surface area contributed by atoms with E-state index < -0.39 is 6.10 Å². The molecule has 1 aromatic carbocycles. The summed E-state index contributed by atoms with van der Waals surface area (Å²) < 4.78 is 18.3. The van der Waals surface area contributed by atoms with Gasteiger partial charge in [-0.05, 0) is 44.0 Å². The molecule has 1 saturated carbocycles. The van der Waals surface area contributed by atoms with Gasteiger partial charge in [-0.25, -0.2) is 4.39 Å². The Labute approximate surface area is 113 Å². The summed E-state index contributed by atoms with van der Waals surface area (Å²) in [7, 11) is 1.84. The highest BCUT2D eigenvalue weighted by atomic mass is 19.1. The van der Waals surface area contributed by atoms with Crippen molar-refractivity contribution in [3.8, 4) is 5.75 Å². The molecule has 19 heavy (non-hydrogen) atoms. The van der Waals surface area contributed by atoms with Gasteiger partial charge < -0.3 is 9.64 Å². The van der Waals surface area contributed by atoms with E-state index in [1.54, 1.807) is 11.8 Å². The number of hydrogen-bond acceptors (Lipinski definition) is 2. The number of carbonyl (C=O) groups is 1. The predicted octanol–water partition coefficient (Wildman–Crippen LogP) is 2.99. The largest absolute Gasteiger partial charge is 0.481 e. The lowest BCUT2D eigenvalue weighted by atomic mass is 10.2. The Morgan fingerprint density at radius 1 is 1.32 bits per heavy atom. The predicted molar refractivity (Wildman–Crippen MR) is 71.5 cm³/mol. The Balaban J connectivity index is 1.93. The molecule has 1 aliphatic carbocycles. The zero-order valence-corrected chi connectivity index (χ0v) is 11.4. The Kier molecular flexibility index (Phi) is 4.40. The van der Waals surface area contributed by atoms with Crippen LogP contribution in [0.4, 0.5) is 4.39 Å². The second-order valence-corrected chi connectivity index (χ2v) is 5.10. The molecule has 0 spiro atoms. The fourth-order valence-electron chi connectivity index (χ4n) is 2.53. The van der Waals surface area contributed by atoms with Gasteiger partial charge in [0.05, 0.1) is 0 Å². The third-order valence-electron chi connectivity index (χ3n) is 3.69. The zero-order chi connectivity index (χ0) is 13.8. The molecule has 1 amide bonds. The van der Waals surface area contributed by atoms with E-state index >= 15 is 0 Å². The van der Waals surface area contributed by atoms with E-state index in [1.165, 1.54) is 37.1 Å². The molecular weight excluding hydrogens is 245 g/mol. The van der Waals surface area contributed by atoms with Crippen LogP contribution in [0.5, 0.6) is 5.75 Å². The van der Waals surface area contributed by atoms with Gasteiger partial charge in [0.2, 0.25) is 0 Å². The number of benzene rings is 1. The normalized spacial score (nSPS) is 17.2. The minimum atomic E-state index is -0.545. The van der Waals surface area contributed by atoms with Crippen molar-refractivity contribution in [1.29, 1.82) is 0 Å². The Morgan fingerprint density at radius 2 is 1.89 bits per heavy atom. The average molecular weight is 265 g/mol. The van der Waals surface area contributed by atoms with Crippen molar-refractivity contribution in [2.75, 3.05) is 7.05 Å². The van der Waals surface area contributed by atoms with Crippen LogP contribution in [0.15, 0.2) is 24.3 Å². The molecule has 0 aliphatic heterocycles. The van der Waals surface area contributed by atoms with E-state index in [2.05, 4.69) is 0 Å². The van der Waals surface area contributed by atoms with E-state index in [0.717, 1.165) is 12.8 Å². The molecule has 0 bridgehead atoms. The maximum absolute atomic E-state index is 12.8. The molecule has 3 nitrogen and oxygen atoms in total. The third-order valence-corrected chi connectivity index (χ3v) is 3.69. The zero-order valence-electron chi connectivity index (χ0n) is 11.4. The molecule has 0 N–H and O–H groups in total. The first-order chi connectivity index (χ1) is 9.08. The van der Waals surface area contributed by atoms with Crippen LogP contribution in [-0.4, -0.2) is 30.0 Å². The number of amides is 1. The summed E-state index contributed by atoms with van der Waals surface area (Å²) in [5.41, 5.74) is 0. The summed E-state index contributed by atoms with van der Waals surface area (Å²) in [5.74, 6) is 0.188. The molecule has 0 unspecified atom stereocenters. The number of nitrogens with zero attached hydrogens (tertiary/aromatic N) is 1. The number of rotatable bonds is 4. The molecule has 4 heteroatoms. The summed E-state index contributed by atoms with van der Waals surface area (Å²) >= 11 is 0. The number of ether oxygens (including phenoxy) is 1. The van der Waals surface area contributed by atoms with Gasteiger partial charge in [0.15, 0.2) is 6.10 Å². The van der Waals surface area contributed by atoms with Crippen LogP contribution in [0.25, 0.3) is 0 Å². The highest BCUT2D eigenvalue weighted by Gasteiger charge is 2.27. The smallest absolute Gasteiger partial charge is 0.263 e. The summed E-state index contributed by atoms with van der Waals surface area (Å²) in [4.78, 5) is 14.0. The lowest BCUT2D eigenvalue weighted by molar-refractivity contribution is -0.138. The van der Waals surface area contributed by atoms with Crippen LogP contribution in [0, 0.1) is 5.82 Å².